The summed E-state index contributed by atoms with van der Waals surface area (Å²) in [4.78, 5) is 2.18. The molecule has 37 atom stereocenters. The molecule has 0 spiro atoms. The molecule has 18 saturated heterocycles. The summed E-state index contributed by atoms with van der Waals surface area (Å²) >= 11 is 3.63. The van der Waals surface area contributed by atoms with Crippen LogP contribution in [0.1, 0.15) is 20.8 Å². The van der Waals surface area contributed by atoms with Crippen molar-refractivity contribution < 1.29 is 147 Å². The highest BCUT2D eigenvalue weighted by Gasteiger charge is 2.71. The van der Waals surface area contributed by atoms with Crippen molar-refractivity contribution in [3.05, 3.63) is 0 Å². The summed E-state index contributed by atoms with van der Waals surface area (Å²) in [6.07, 6.45) is -1.07. The summed E-state index contributed by atoms with van der Waals surface area (Å²) < 4.78 is 168. The first-order chi connectivity index (χ1) is 57.7. The first kappa shape index (κ1) is 103. The molecule has 45 heteroatoms. The Balaban J connectivity index is 0.000000143. The minimum Gasteiger partial charge on any atom is -0.382 e. The standard InChI is InChI=1S/C10H17BO4.C9H16BNO3.C9H15BO4.2C8H14BNO3.2C8H13BO4.2C8H13BO3S/c1-9(2)10(5-12-3)7(13-4)6(14-9)8(11)15-10;1-11-4-9(5-12-2)7(13-3)6(11)8(10)14-9;1-5-9(4-11-2)7(12-3)6(13-5)8(10)14-9;2*1-11-4-8-3-10-5(6(8)12-2)7(9)13-8;2*1-10-3-8-4-12-5(6(8)11-2)7(9)13-8;2*1-10-3-8-4-13-5(6(8)11-2)7(9)12-8/h6-8H,5H2,1-4H3;6-8H,4-5H2,1-3H3;5-8H,4H2,1-3H3;2*5-7,10H,3-4H2,1-2H3;4*5-7H,3-4H2,1-2H3/t6-,7?,8+,10+;6-,7?,8+,9+;5?,6-,7?,8+,9-;5-,6?,7+,8+;5-,6?,7-,8+;5-,6?,7+,8-;5-,6?,7-,8-;5-,6?,7+,8-;5-,6?,7-,8-/m000010101/s1. The van der Waals surface area contributed by atoms with Gasteiger partial charge in [0.15, 0.2) is 0 Å². The minimum absolute atomic E-state index is 0.00227. The number of rotatable bonds is 27. The van der Waals surface area contributed by atoms with E-state index in [0.717, 1.165) is 31.1 Å². The zero-order valence-corrected chi connectivity index (χ0v) is 76.2. The number of thioether (sulfide) groups is 2. The minimum atomic E-state index is -0.597. The van der Waals surface area contributed by atoms with Gasteiger partial charge in [0.2, 0.25) is 0 Å². The molecular formula is C76H128B9N3O31S2. The maximum atomic E-state index is 5.89. The van der Waals surface area contributed by atoms with E-state index in [0.29, 0.717) is 72.7 Å². The van der Waals surface area contributed by atoms with Gasteiger partial charge in [-0.15, -0.1) is 0 Å². The highest BCUT2D eigenvalue weighted by Crippen LogP contribution is 2.54. The average molecular weight is 1740 g/mol. The topological polar surface area (TPSA) is 313 Å². The molecular weight excluding hydrogens is 1610 g/mol. The van der Waals surface area contributed by atoms with Gasteiger partial charge in [-0.05, 0) is 27.8 Å². The number of likely N-dealkylation sites (tertiary alicyclic amines) is 1. The molecule has 2 N–H and O–H groups in total. The van der Waals surface area contributed by atoms with Crippen LogP contribution in [0.2, 0.25) is 0 Å². The molecule has 18 fully saturated rings. The molecule has 121 heavy (non-hydrogen) atoms. The van der Waals surface area contributed by atoms with Crippen molar-refractivity contribution in [3.63, 3.8) is 0 Å². The number of fused-ring (bicyclic) bond motifs is 18. The lowest BCUT2D eigenvalue weighted by molar-refractivity contribution is -0.223. The Morgan fingerprint density at radius 2 is 0.678 bits per heavy atom. The van der Waals surface area contributed by atoms with E-state index < -0.39 is 52.0 Å². The number of nitrogens with zero attached hydrogens (tertiary/aromatic N) is 1. The van der Waals surface area contributed by atoms with E-state index in [9.17, 15) is 0 Å². The largest absolute Gasteiger partial charge is 0.382 e. The van der Waals surface area contributed by atoms with Gasteiger partial charge in [0.25, 0.3) is 0 Å². The molecule has 0 saturated carbocycles. The number of ether oxygens (including phenoxy) is 31. The predicted molar refractivity (Wildman–Crippen MR) is 450 cm³/mol. The Morgan fingerprint density at radius 3 is 1.04 bits per heavy atom. The summed E-state index contributed by atoms with van der Waals surface area (Å²) in [7, 11) is 84.1. The van der Waals surface area contributed by atoms with Crippen molar-refractivity contribution in [1.29, 1.82) is 0 Å². The van der Waals surface area contributed by atoms with E-state index in [2.05, 4.69) is 15.5 Å². The number of methoxy groups -OCH3 is 18. The van der Waals surface area contributed by atoms with Crippen molar-refractivity contribution in [2.45, 2.75) is 245 Å². The molecule has 0 aliphatic carbocycles. The smallest absolute Gasteiger partial charge is 0.148 e. The molecule has 18 rings (SSSR count). The second kappa shape index (κ2) is 43.3. The third-order valence-corrected chi connectivity index (χ3v) is 29.3. The van der Waals surface area contributed by atoms with Crippen molar-refractivity contribution in [1.82, 2.24) is 15.5 Å². The summed E-state index contributed by atoms with van der Waals surface area (Å²) in [5.74, 6) is 1.83. The van der Waals surface area contributed by atoms with Crippen LogP contribution in [0.5, 0.6) is 0 Å². The summed E-state index contributed by atoms with van der Waals surface area (Å²) in [5, 5.41) is 7.08. The molecule has 0 aromatic carbocycles. The predicted octanol–water partition coefficient (Wildman–Crippen LogP) is -4.55. The Hall–Kier alpha value is -0.0756. The second-order valence-electron chi connectivity index (χ2n) is 34.0. The number of morpholine rings is 3. The lowest BCUT2D eigenvalue weighted by Crippen LogP contribution is -2.58. The molecule has 0 aromatic heterocycles. The first-order valence-corrected chi connectivity index (χ1v) is 42.8. The zero-order valence-electron chi connectivity index (χ0n) is 74.6. The van der Waals surface area contributed by atoms with Gasteiger partial charge >= 0.3 is 0 Å². The normalized spacial score (nSPS) is 48.6. The van der Waals surface area contributed by atoms with Crippen LogP contribution in [0, 0.1) is 0 Å². The quantitative estimate of drug-likeness (QED) is 0.0732. The lowest BCUT2D eigenvalue weighted by atomic mass is 9.84. The van der Waals surface area contributed by atoms with E-state index in [1.165, 1.54) is 0 Å². The summed E-state index contributed by atoms with van der Waals surface area (Å²) in [5.41, 5.74) is -4.31. The van der Waals surface area contributed by atoms with Crippen molar-refractivity contribution in [2.24, 2.45) is 0 Å². The molecule has 18 radical (unpaired) electrons. The van der Waals surface area contributed by atoms with Gasteiger partial charge in [0.1, 0.15) is 200 Å². The molecule has 18 aliphatic rings. The monoisotopic (exact) mass is 1740 g/mol. The van der Waals surface area contributed by atoms with Crippen LogP contribution in [-0.4, -0.2) is 538 Å². The van der Waals surface area contributed by atoms with Gasteiger partial charge in [0, 0.05) is 213 Å². The Labute approximate surface area is 736 Å². The summed E-state index contributed by atoms with van der Waals surface area (Å²) in [6.45, 7) is 13.7. The second-order valence-corrected chi connectivity index (χ2v) is 36.3. The third kappa shape index (κ3) is 19.3. The van der Waals surface area contributed by atoms with Crippen molar-refractivity contribution >= 4 is 94.1 Å². The van der Waals surface area contributed by atoms with Crippen molar-refractivity contribution in [2.75, 3.05) is 239 Å². The zero-order chi connectivity index (χ0) is 88.8. The van der Waals surface area contributed by atoms with Crippen LogP contribution < -0.4 is 10.6 Å². The van der Waals surface area contributed by atoms with E-state index in [-0.39, 0.29) is 172 Å². The van der Waals surface area contributed by atoms with Crippen LogP contribution in [0.4, 0.5) is 0 Å². The van der Waals surface area contributed by atoms with Gasteiger partial charge in [0.05, 0.1) is 113 Å². The Morgan fingerprint density at radius 1 is 0.331 bits per heavy atom. The summed E-state index contributed by atoms with van der Waals surface area (Å²) in [6, 6.07) is -2.54. The fourth-order valence-electron chi connectivity index (χ4n) is 21.3. The van der Waals surface area contributed by atoms with Gasteiger partial charge in [-0.1, -0.05) is 0 Å². The lowest BCUT2D eigenvalue weighted by Gasteiger charge is -2.42. The maximum absolute atomic E-state index is 5.89. The van der Waals surface area contributed by atoms with Crippen LogP contribution >= 0.6 is 23.5 Å². The van der Waals surface area contributed by atoms with E-state index in [1.54, 1.807) is 128 Å². The van der Waals surface area contributed by atoms with Crippen molar-refractivity contribution in [3.8, 4) is 0 Å². The highest BCUT2D eigenvalue weighted by molar-refractivity contribution is 8.00. The fourth-order valence-corrected chi connectivity index (χ4v) is 24.4. The van der Waals surface area contributed by atoms with Crippen LogP contribution in [0.15, 0.2) is 0 Å². The molecule has 0 aromatic rings. The van der Waals surface area contributed by atoms with Crippen LogP contribution in [0.25, 0.3) is 0 Å². The van der Waals surface area contributed by atoms with E-state index in [1.807, 2.05) is 51.3 Å². The average Bonchev–Trinajstić information content (AvgIpc) is 1.54. The number of nitrogens with one attached hydrogen (secondary N) is 2. The molecule has 34 nitrogen and oxygen atoms in total. The van der Waals surface area contributed by atoms with Gasteiger partial charge in [-0.3, -0.25) is 4.90 Å². The number of hydrogen-bond acceptors (Lipinski definition) is 36. The molecule has 18 aliphatic heterocycles. The third-order valence-electron chi connectivity index (χ3n) is 26.2. The van der Waals surface area contributed by atoms with Gasteiger partial charge in [-0.25, -0.2) is 0 Å². The van der Waals surface area contributed by atoms with Crippen LogP contribution in [0.3, 0.4) is 0 Å². The molecule has 0 amide bonds. The maximum Gasteiger partial charge on any atom is 0.148 e. The number of likely N-dealkylation sites (N-methyl/N-ethyl adjacent to an activating group) is 1. The fraction of sp³-hybridized carbons (Fsp3) is 1.00. The van der Waals surface area contributed by atoms with Crippen LogP contribution in [-0.2, 0) is 147 Å². The Kier molecular flexibility index (Phi) is 36.9. The molecule has 18 heterocycles. The molecule has 672 valence electrons. The molecule has 18 bridgehead atoms. The SMILES string of the molecule is [B][C@@H]1O[C@@]2(COC)C(C)O[C@H]1C2OC.[B][C@@H]1O[C@@]2(COC)CN(C)[C@H]1C2OC.[B][C@@H]1O[C@@]2(COC)CN[C@H]1C2OC.[B][C@@H]1O[C@@]2(COC)CO[C@H]1C2OC.[B][C@@H]1O[C@@]2(COC)CS[C@H]1C2OC.[B][C@@H]1O[C@]2(COC)C(OC)[C@@H]1OC2(C)C.[B][C@@H]1O[C@]2(COC)CN[C@@H]1C2OC.[B][C@@H]1O[C@]2(COC)CO[C@@H]1C2OC.[B][C@@H]1O[C@]2(COC)CS[C@@H]1C2OC. The van der Waals surface area contributed by atoms with E-state index in [4.69, 9.17) is 217 Å². The van der Waals surface area contributed by atoms with Gasteiger partial charge in [-0.2, -0.15) is 23.5 Å². The van der Waals surface area contributed by atoms with Gasteiger partial charge < -0.3 is 157 Å². The first-order valence-electron chi connectivity index (χ1n) is 40.7. The molecule has 10 unspecified atom stereocenters. The number of hydrogen-bond donors (Lipinski definition) is 2. The highest BCUT2D eigenvalue weighted by atomic mass is 32.2. The Bertz CT molecular complexity index is 2850. The van der Waals surface area contributed by atoms with E-state index >= 15 is 0 Å².